The molecule has 0 spiro atoms. The van der Waals surface area contributed by atoms with Gasteiger partial charge in [-0.05, 0) is 58.5 Å². The van der Waals surface area contributed by atoms with E-state index in [1.807, 2.05) is 26.8 Å². The molecule has 2 aliphatic heterocycles. The number of hydrogen-bond acceptors (Lipinski definition) is 7. The van der Waals surface area contributed by atoms with E-state index in [0.29, 0.717) is 31.1 Å². The first-order valence-corrected chi connectivity index (χ1v) is 13.8. The van der Waals surface area contributed by atoms with Gasteiger partial charge in [0.2, 0.25) is 0 Å². The van der Waals surface area contributed by atoms with Crippen molar-refractivity contribution >= 4 is 34.2 Å². The number of halogens is 1. The number of fused-ring (bicyclic) bond motifs is 2. The Labute approximate surface area is 225 Å². The quantitative estimate of drug-likeness (QED) is 0.455. The molecule has 9 nitrogen and oxygen atoms in total. The summed E-state index contributed by atoms with van der Waals surface area (Å²) in [5.74, 6) is -0.500. The van der Waals surface area contributed by atoms with Crippen LogP contribution in [0.5, 0.6) is 0 Å². The first-order chi connectivity index (χ1) is 18.0. The van der Waals surface area contributed by atoms with E-state index in [-0.39, 0.29) is 29.9 Å². The van der Waals surface area contributed by atoms with Crippen molar-refractivity contribution in [2.75, 3.05) is 26.7 Å². The summed E-state index contributed by atoms with van der Waals surface area (Å²) >= 11 is 1.44. The Morgan fingerprint density at radius 3 is 2.84 bits per heavy atom. The third-order valence-electron chi connectivity index (χ3n) is 6.89. The molecule has 3 N–H and O–H groups in total. The minimum absolute atomic E-state index is 0.0819. The third-order valence-corrected chi connectivity index (χ3v) is 7.97. The Morgan fingerprint density at radius 2 is 2.05 bits per heavy atom. The molecule has 38 heavy (non-hydrogen) atoms. The highest BCUT2D eigenvalue weighted by Gasteiger charge is 2.35. The predicted octanol–water partition coefficient (Wildman–Crippen LogP) is 3.65. The summed E-state index contributed by atoms with van der Waals surface area (Å²) in [6, 6.07) is 6.16. The minimum atomic E-state index is -0.604. The van der Waals surface area contributed by atoms with Gasteiger partial charge in [0.15, 0.2) is 5.01 Å². The van der Waals surface area contributed by atoms with Gasteiger partial charge in [-0.2, -0.15) is 0 Å². The van der Waals surface area contributed by atoms with Crippen LogP contribution in [0, 0.1) is 5.82 Å². The molecule has 204 valence electrons. The van der Waals surface area contributed by atoms with E-state index in [1.54, 1.807) is 11.0 Å². The molecule has 3 aromatic rings. The molecule has 0 aliphatic carbocycles. The first-order valence-electron chi connectivity index (χ1n) is 13.0. The number of hydrogen-bond donors (Lipinski definition) is 3. The van der Waals surface area contributed by atoms with Gasteiger partial charge in [-0.3, -0.25) is 4.79 Å². The predicted molar refractivity (Wildman–Crippen MR) is 145 cm³/mol. The van der Waals surface area contributed by atoms with Crippen molar-refractivity contribution in [3.63, 3.8) is 0 Å². The number of benzene rings is 1. The molecule has 4 heterocycles. The van der Waals surface area contributed by atoms with Crippen LogP contribution in [-0.2, 0) is 24.2 Å². The smallest absolute Gasteiger partial charge is 0.410 e. The number of carbonyl (C=O) groups excluding carboxylic acids is 2. The summed E-state index contributed by atoms with van der Waals surface area (Å²) in [7, 11) is 2.07. The van der Waals surface area contributed by atoms with Crippen LogP contribution in [-0.4, -0.2) is 76.1 Å². The zero-order chi connectivity index (χ0) is 27.0. The van der Waals surface area contributed by atoms with Crippen molar-refractivity contribution in [1.29, 1.82) is 0 Å². The average molecular weight is 543 g/mol. The molecule has 0 radical (unpaired) electrons. The molecule has 2 aromatic heterocycles. The van der Waals surface area contributed by atoms with Crippen LogP contribution in [0.3, 0.4) is 0 Å². The van der Waals surface area contributed by atoms with Gasteiger partial charge in [-0.15, -0.1) is 11.3 Å². The molecule has 0 unspecified atom stereocenters. The van der Waals surface area contributed by atoms with Gasteiger partial charge in [0.1, 0.15) is 11.4 Å². The summed E-state index contributed by atoms with van der Waals surface area (Å²) in [5, 5.41) is 7.95. The fourth-order valence-corrected chi connectivity index (χ4v) is 6.08. The normalized spacial score (nSPS) is 20.4. The van der Waals surface area contributed by atoms with Crippen molar-refractivity contribution in [1.82, 2.24) is 30.4 Å². The second kappa shape index (κ2) is 10.6. The highest BCUT2D eigenvalue weighted by atomic mass is 32.1. The lowest BCUT2D eigenvalue weighted by molar-refractivity contribution is 0.0158. The topological polar surface area (TPSA) is 103 Å². The van der Waals surface area contributed by atoms with Crippen LogP contribution in [0.25, 0.3) is 10.9 Å². The monoisotopic (exact) mass is 542 g/mol. The SMILES string of the molecule is CN1CCc2nc(C(=O)N[C@@H]3CN(C(=O)OC(C)(C)C)CC[C@@H]3NCc3cc4cc(F)ccc4[nH]3)sc2C1. The molecule has 5 rings (SSSR count). The molecule has 2 atom stereocenters. The number of nitrogens with one attached hydrogen (secondary N) is 3. The molecule has 11 heteroatoms. The van der Waals surface area contributed by atoms with Crippen LogP contribution < -0.4 is 10.6 Å². The second-order valence-corrected chi connectivity index (χ2v) is 12.3. The number of likely N-dealkylation sites (tertiary alicyclic amines) is 1. The molecule has 1 fully saturated rings. The van der Waals surface area contributed by atoms with Gasteiger partial charge in [0.05, 0.1) is 11.7 Å². The maximum atomic E-state index is 13.6. The van der Waals surface area contributed by atoms with E-state index in [9.17, 15) is 14.0 Å². The minimum Gasteiger partial charge on any atom is -0.444 e. The number of likely N-dealkylation sites (N-methyl/N-ethyl adjacent to an activating group) is 1. The Balaban J connectivity index is 1.30. The van der Waals surface area contributed by atoms with Crippen LogP contribution >= 0.6 is 11.3 Å². The van der Waals surface area contributed by atoms with Crippen LogP contribution in [0.2, 0.25) is 0 Å². The summed E-state index contributed by atoms with van der Waals surface area (Å²) in [6.45, 7) is 8.59. The Hall–Kier alpha value is -3.02. The standard InChI is InChI=1S/C27H35FN6O3S/c1-27(2,3)37-26(36)34-10-8-20(29-13-18-12-16-11-17(28)5-6-19(16)30-18)22(14-34)31-24(35)25-32-21-7-9-33(4)15-23(21)38-25/h5-6,11-12,20,22,29-30H,7-10,13-15H2,1-4H3,(H,31,35)/t20-,22+/m0/s1. The molecule has 2 aliphatic rings. The van der Waals surface area contributed by atoms with E-state index < -0.39 is 5.60 Å². The van der Waals surface area contributed by atoms with Crippen molar-refractivity contribution < 1.29 is 18.7 Å². The Kier molecular flexibility index (Phi) is 7.43. The van der Waals surface area contributed by atoms with E-state index in [0.717, 1.165) is 46.7 Å². The molecule has 0 bridgehead atoms. The number of thiazole rings is 1. The van der Waals surface area contributed by atoms with Crippen molar-refractivity contribution in [3.8, 4) is 0 Å². The fourth-order valence-electron chi connectivity index (χ4n) is 4.99. The summed E-state index contributed by atoms with van der Waals surface area (Å²) in [4.78, 5) is 39.1. The number of aromatic nitrogens is 2. The Bertz CT molecular complexity index is 1330. The van der Waals surface area contributed by atoms with Crippen molar-refractivity contribution in [3.05, 3.63) is 51.4 Å². The average Bonchev–Trinajstić information content (AvgIpc) is 3.45. The maximum absolute atomic E-state index is 13.6. The van der Waals surface area contributed by atoms with E-state index in [2.05, 4.69) is 32.5 Å². The Morgan fingerprint density at radius 1 is 1.24 bits per heavy atom. The zero-order valence-corrected chi connectivity index (χ0v) is 23.1. The maximum Gasteiger partial charge on any atom is 0.410 e. The number of piperidine rings is 1. The van der Waals surface area contributed by atoms with Gasteiger partial charge < -0.3 is 30.2 Å². The number of nitrogens with zero attached hydrogens (tertiary/aromatic N) is 3. The largest absolute Gasteiger partial charge is 0.444 e. The lowest BCUT2D eigenvalue weighted by Gasteiger charge is -2.39. The molecule has 2 amide bonds. The van der Waals surface area contributed by atoms with Gasteiger partial charge in [-0.25, -0.2) is 14.2 Å². The highest BCUT2D eigenvalue weighted by molar-refractivity contribution is 7.13. The molecular weight excluding hydrogens is 507 g/mol. The molecule has 0 saturated carbocycles. The number of ether oxygens (including phenoxy) is 1. The van der Waals surface area contributed by atoms with E-state index >= 15 is 0 Å². The fraction of sp³-hybridized carbons (Fsp3) is 0.519. The van der Waals surface area contributed by atoms with Crippen molar-refractivity contribution in [2.24, 2.45) is 0 Å². The highest BCUT2D eigenvalue weighted by Crippen LogP contribution is 2.25. The van der Waals surface area contributed by atoms with Crippen LogP contribution in [0.1, 0.15) is 53.3 Å². The van der Waals surface area contributed by atoms with E-state index in [1.165, 1.54) is 23.5 Å². The van der Waals surface area contributed by atoms with Crippen molar-refractivity contribution in [2.45, 2.75) is 64.4 Å². The molecular formula is C27H35FN6O3S. The lowest BCUT2D eigenvalue weighted by atomic mass is 9.99. The third kappa shape index (κ3) is 6.16. The summed E-state index contributed by atoms with van der Waals surface area (Å²) in [5.41, 5.74) is 2.18. The second-order valence-electron chi connectivity index (χ2n) is 11.2. The van der Waals surface area contributed by atoms with Gasteiger partial charge >= 0.3 is 6.09 Å². The van der Waals surface area contributed by atoms with Gasteiger partial charge in [0.25, 0.3) is 5.91 Å². The number of amides is 2. The number of aromatic amines is 1. The van der Waals surface area contributed by atoms with Crippen LogP contribution in [0.15, 0.2) is 24.3 Å². The summed E-state index contributed by atoms with van der Waals surface area (Å²) in [6.07, 6.45) is 1.09. The number of carbonyl (C=O) groups is 2. The summed E-state index contributed by atoms with van der Waals surface area (Å²) < 4.78 is 19.2. The van der Waals surface area contributed by atoms with Gasteiger partial charge in [-0.1, -0.05) is 0 Å². The van der Waals surface area contributed by atoms with Gasteiger partial charge in [0, 0.05) is 66.7 Å². The molecule has 1 aromatic carbocycles. The molecule has 1 saturated heterocycles. The van der Waals surface area contributed by atoms with Crippen LogP contribution in [0.4, 0.5) is 9.18 Å². The van der Waals surface area contributed by atoms with E-state index in [4.69, 9.17) is 4.74 Å². The zero-order valence-electron chi connectivity index (χ0n) is 22.3. The lowest BCUT2D eigenvalue weighted by Crippen LogP contribution is -2.60. The number of rotatable bonds is 5. The number of H-pyrrole nitrogens is 1. The first kappa shape index (κ1) is 26.6.